The normalized spacial score (nSPS) is 10.1. The van der Waals surface area contributed by atoms with E-state index in [0.717, 1.165) is 24.5 Å². The van der Waals surface area contributed by atoms with Crippen molar-refractivity contribution in [2.45, 2.75) is 13.3 Å². The van der Waals surface area contributed by atoms with E-state index in [9.17, 15) is 0 Å². The maximum atomic E-state index is 5.57. The lowest BCUT2D eigenvalue weighted by molar-refractivity contribution is 0.212. The van der Waals surface area contributed by atoms with E-state index in [1.807, 2.05) is 48.5 Å². The Labute approximate surface area is 119 Å². The summed E-state index contributed by atoms with van der Waals surface area (Å²) in [4.78, 5) is 4.37. The summed E-state index contributed by atoms with van der Waals surface area (Å²) < 4.78 is 11.1. The molecule has 0 fully saturated rings. The summed E-state index contributed by atoms with van der Waals surface area (Å²) in [5.74, 6) is 2.30. The van der Waals surface area contributed by atoms with Crippen molar-refractivity contribution in [1.82, 2.24) is 4.98 Å². The van der Waals surface area contributed by atoms with Gasteiger partial charge in [-0.3, -0.25) is 0 Å². The number of aromatic nitrogens is 1. The maximum absolute atomic E-state index is 5.57. The molecule has 0 amide bonds. The molecule has 0 atom stereocenters. The van der Waals surface area contributed by atoms with Gasteiger partial charge in [0.05, 0.1) is 0 Å². The largest absolute Gasteiger partial charge is 0.490 e. The Bertz CT molecular complexity index is 503. The SMILES string of the molecule is CCCNc1cccc(OCCOc2ccccc2)n1. The van der Waals surface area contributed by atoms with Crippen molar-refractivity contribution in [2.24, 2.45) is 0 Å². The fourth-order valence-corrected chi connectivity index (χ4v) is 1.67. The summed E-state index contributed by atoms with van der Waals surface area (Å²) >= 11 is 0. The number of nitrogens with zero attached hydrogens (tertiary/aromatic N) is 1. The van der Waals surface area contributed by atoms with Crippen molar-refractivity contribution in [3.63, 3.8) is 0 Å². The van der Waals surface area contributed by atoms with E-state index in [1.165, 1.54) is 0 Å². The van der Waals surface area contributed by atoms with Crippen LogP contribution in [-0.4, -0.2) is 24.7 Å². The Hall–Kier alpha value is -2.23. The van der Waals surface area contributed by atoms with Crippen molar-refractivity contribution < 1.29 is 9.47 Å². The highest BCUT2D eigenvalue weighted by molar-refractivity contribution is 5.36. The molecule has 2 aromatic rings. The molecule has 0 aliphatic rings. The predicted octanol–water partition coefficient (Wildman–Crippen LogP) is 3.36. The third-order valence-corrected chi connectivity index (χ3v) is 2.62. The zero-order valence-corrected chi connectivity index (χ0v) is 11.7. The lowest BCUT2D eigenvalue weighted by atomic mass is 10.3. The van der Waals surface area contributed by atoms with E-state index >= 15 is 0 Å². The molecule has 20 heavy (non-hydrogen) atoms. The Morgan fingerprint density at radius 3 is 2.55 bits per heavy atom. The van der Waals surface area contributed by atoms with Gasteiger partial charge in [0.1, 0.15) is 24.8 Å². The molecular formula is C16H20N2O2. The molecule has 1 aromatic heterocycles. The maximum Gasteiger partial charge on any atom is 0.215 e. The molecule has 0 spiro atoms. The highest BCUT2D eigenvalue weighted by atomic mass is 16.5. The smallest absolute Gasteiger partial charge is 0.215 e. The van der Waals surface area contributed by atoms with E-state index < -0.39 is 0 Å². The summed E-state index contributed by atoms with van der Waals surface area (Å²) in [6.07, 6.45) is 1.07. The first-order valence-electron chi connectivity index (χ1n) is 6.90. The summed E-state index contributed by atoms with van der Waals surface area (Å²) in [6, 6.07) is 15.4. The highest BCUT2D eigenvalue weighted by Crippen LogP contribution is 2.12. The molecule has 0 aliphatic carbocycles. The Morgan fingerprint density at radius 2 is 1.75 bits per heavy atom. The molecule has 1 N–H and O–H groups in total. The average Bonchev–Trinajstić information content (AvgIpc) is 2.51. The van der Waals surface area contributed by atoms with Crippen molar-refractivity contribution in [3.05, 3.63) is 48.5 Å². The van der Waals surface area contributed by atoms with E-state index in [2.05, 4.69) is 17.2 Å². The summed E-state index contributed by atoms with van der Waals surface area (Å²) in [5, 5.41) is 3.23. The molecule has 2 rings (SSSR count). The summed E-state index contributed by atoms with van der Waals surface area (Å²) in [7, 11) is 0. The van der Waals surface area contributed by atoms with Crippen LogP contribution >= 0.6 is 0 Å². The van der Waals surface area contributed by atoms with Crippen molar-refractivity contribution in [2.75, 3.05) is 25.1 Å². The monoisotopic (exact) mass is 272 g/mol. The van der Waals surface area contributed by atoms with Gasteiger partial charge in [0.15, 0.2) is 0 Å². The quantitative estimate of drug-likeness (QED) is 0.748. The number of anilines is 1. The zero-order chi connectivity index (χ0) is 14.0. The summed E-state index contributed by atoms with van der Waals surface area (Å²) in [6.45, 7) is 4.00. The highest BCUT2D eigenvalue weighted by Gasteiger charge is 1.98. The molecule has 0 saturated carbocycles. The van der Waals surface area contributed by atoms with E-state index in [1.54, 1.807) is 0 Å². The fourth-order valence-electron chi connectivity index (χ4n) is 1.67. The second kappa shape index (κ2) is 8.04. The van der Waals surface area contributed by atoms with Gasteiger partial charge in [0.2, 0.25) is 5.88 Å². The van der Waals surface area contributed by atoms with Crippen LogP contribution in [0.25, 0.3) is 0 Å². The van der Waals surface area contributed by atoms with E-state index in [-0.39, 0.29) is 0 Å². The van der Waals surface area contributed by atoms with Crippen LogP contribution in [0.5, 0.6) is 11.6 Å². The number of pyridine rings is 1. The Kier molecular flexibility index (Phi) is 5.71. The molecular weight excluding hydrogens is 252 g/mol. The molecule has 4 nitrogen and oxygen atoms in total. The predicted molar refractivity (Wildman–Crippen MR) is 80.4 cm³/mol. The van der Waals surface area contributed by atoms with Crippen molar-refractivity contribution in [1.29, 1.82) is 0 Å². The van der Waals surface area contributed by atoms with E-state index in [0.29, 0.717) is 19.1 Å². The van der Waals surface area contributed by atoms with Gasteiger partial charge in [0.25, 0.3) is 0 Å². The fraction of sp³-hybridized carbons (Fsp3) is 0.312. The first-order valence-corrected chi connectivity index (χ1v) is 6.90. The van der Waals surface area contributed by atoms with Gasteiger partial charge in [-0.15, -0.1) is 0 Å². The molecule has 1 aromatic carbocycles. The third-order valence-electron chi connectivity index (χ3n) is 2.62. The van der Waals surface area contributed by atoms with Crippen LogP contribution in [-0.2, 0) is 0 Å². The minimum absolute atomic E-state index is 0.471. The molecule has 0 unspecified atom stereocenters. The first-order chi connectivity index (χ1) is 9.88. The van der Waals surface area contributed by atoms with Crippen LogP contribution in [0, 0.1) is 0 Å². The summed E-state index contributed by atoms with van der Waals surface area (Å²) in [5.41, 5.74) is 0. The molecule has 0 saturated heterocycles. The molecule has 106 valence electrons. The zero-order valence-electron chi connectivity index (χ0n) is 11.7. The van der Waals surface area contributed by atoms with Gasteiger partial charge < -0.3 is 14.8 Å². The minimum atomic E-state index is 0.471. The van der Waals surface area contributed by atoms with Crippen molar-refractivity contribution in [3.8, 4) is 11.6 Å². The lowest BCUT2D eigenvalue weighted by Gasteiger charge is -2.09. The van der Waals surface area contributed by atoms with Gasteiger partial charge in [0, 0.05) is 12.6 Å². The number of benzene rings is 1. The van der Waals surface area contributed by atoms with Crippen LogP contribution < -0.4 is 14.8 Å². The Morgan fingerprint density at radius 1 is 0.950 bits per heavy atom. The standard InChI is InChI=1S/C16H20N2O2/c1-2-11-17-15-9-6-10-16(18-15)20-13-12-19-14-7-4-3-5-8-14/h3-10H,2,11-13H2,1H3,(H,17,18). The third kappa shape index (κ3) is 4.80. The van der Waals surface area contributed by atoms with Crippen LogP contribution in [0.15, 0.2) is 48.5 Å². The average molecular weight is 272 g/mol. The molecule has 0 bridgehead atoms. The number of hydrogen-bond acceptors (Lipinski definition) is 4. The second-order valence-corrected chi connectivity index (χ2v) is 4.30. The number of ether oxygens (including phenoxy) is 2. The Balaban J connectivity index is 1.73. The molecule has 0 radical (unpaired) electrons. The van der Waals surface area contributed by atoms with Gasteiger partial charge in [-0.1, -0.05) is 31.2 Å². The topological polar surface area (TPSA) is 43.4 Å². The number of nitrogens with one attached hydrogen (secondary N) is 1. The van der Waals surface area contributed by atoms with E-state index in [4.69, 9.17) is 9.47 Å². The first kappa shape index (κ1) is 14.2. The molecule has 0 aliphatic heterocycles. The van der Waals surface area contributed by atoms with Crippen molar-refractivity contribution >= 4 is 5.82 Å². The minimum Gasteiger partial charge on any atom is -0.490 e. The van der Waals surface area contributed by atoms with Gasteiger partial charge in [-0.2, -0.15) is 4.98 Å². The number of para-hydroxylation sites is 1. The van der Waals surface area contributed by atoms with Gasteiger partial charge >= 0.3 is 0 Å². The van der Waals surface area contributed by atoms with Gasteiger partial charge in [-0.25, -0.2) is 0 Å². The van der Waals surface area contributed by atoms with Crippen LogP contribution in [0.4, 0.5) is 5.82 Å². The lowest BCUT2D eigenvalue weighted by Crippen LogP contribution is -2.10. The number of rotatable bonds is 8. The number of hydrogen-bond donors (Lipinski definition) is 1. The molecule has 4 heteroatoms. The van der Waals surface area contributed by atoms with Gasteiger partial charge in [-0.05, 0) is 24.6 Å². The van der Waals surface area contributed by atoms with Crippen LogP contribution in [0.3, 0.4) is 0 Å². The van der Waals surface area contributed by atoms with Crippen LogP contribution in [0.2, 0.25) is 0 Å². The second-order valence-electron chi connectivity index (χ2n) is 4.30. The molecule has 1 heterocycles. The van der Waals surface area contributed by atoms with Crippen LogP contribution in [0.1, 0.15) is 13.3 Å².